The fourth-order valence-corrected chi connectivity index (χ4v) is 2.21. The van der Waals surface area contributed by atoms with E-state index in [-0.39, 0.29) is 6.61 Å². The lowest BCUT2D eigenvalue weighted by molar-refractivity contribution is 0.194. The van der Waals surface area contributed by atoms with Crippen LogP contribution in [0.15, 0.2) is 6.20 Å². The molecule has 0 spiro atoms. The number of aromatic nitrogens is 1. The van der Waals surface area contributed by atoms with E-state index in [0.717, 1.165) is 29.5 Å². The molecule has 4 heteroatoms. The van der Waals surface area contributed by atoms with Crippen LogP contribution in [0.4, 0.5) is 0 Å². The van der Waals surface area contributed by atoms with Crippen LogP contribution in [0.1, 0.15) is 22.2 Å². The lowest BCUT2D eigenvalue weighted by atomic mass is 10.1. The molecule has 1 atom stereocenters. The van der Waals surface area contributed by atoms with Crippen LogP contribution in [0.3, 0.4) is 0 Å². The number of rotatable bonds is 2. The summed E-state index contributed by atoms with van der Waals surface area (Å²) in [6.07, 6.45) is 2.82. The Morgan fingerprint density at radius 2 is 2.67 bits per heavy atom. The van der Waals surface area contributed by atoms with Crippen molar-refractivity contribution in [2.75, 3.05) is 13.2 Å². The molecule has 1 aromatic rings. The minimum absolute atomic E-state index is 0.102. The predicted molar refractivity (Wildman–Crippen MR) is 46.2 cm³/mol. The third kappa shape index (κ3) is 1.50. The maximum atomic E-state index is 8.83. The van der Waals surface area contributed by atoms with Crippen molar-refractivity contribution in [3.8, 4) is 0 Å². The predicted octanol–water partition coefficient (Wildman–Crippen LogP) is 1.14. The summed E-state index contributed by atoms with van der Waals surface area (Å²) in [6.45, 7) is 1.74. The molecular weight excluding hydrogens is 174 g/mol. The van der Waals surface area contributed by atoms with Gasteiger partial charge in [-0.25, -0.2) is 4.98 Å². The van der Waals surface area contributed by atoms with E-state index in [2.05, 4.69) is 4.98 Å². The second-order valence-electron chi connectivity index (χ2n) is 2.88. The second kappa shape index (κ2) is 3.51. The van der Waals surface area contributed by atoms with Gasteiger partial charge in [0.1, 0.15) is 0 Å². The van der Waals surface area contributed by atoms with Crippen molar-refractivity contribution < 1.29 is 9.84 Å². The summed E-state index contributed by atoms with van der Waals surface area (Å²) in [5, 5.41) is 9.94. The van der Waals surface area contributed by atoms with Crippen LogP contribution >= 0.6 is 11.3 Å². The van der Waals surface area contributed by atoms with E-state index in [0.29, 0.717) is 5.92 Å². The molecule has 1 unspecified atom stereocenters. The molecular formula is C8H11NO2S. The van der Waals surface area contributed by atoms with Crippen LogP contribution in [-0.2, 0) is 11.3 Å². The van der Waals surface area contributed by atoms with E-state index in [1.807, 2.05) is 0 Å². The zero-order valence-electron chi connectivity index (χ0n) is 6.69. The van der Waals surface area contributed by atoms with E-state index in [4.69, 9.17) is 9.84 Å². The quantitative estimate of drug-likeness (QED) is 0.751. The Morgan fingerprint density at radius 3 is 3.25 bits per heavy atom. The van der Waals surface area contributed by atoms with Crippen molar-refractivity contribution in [3.05, 3.63) is 16.1 Å². The molecule has 2 heterocycles. The number of thiazole rings is 1. The number of hydrogen-bond donors (Lipinski definition) is 1. The molecule has 0 bridgehead atoms. The molecule has 1 saturated heterocycles. The number of hydrogen-bond acceptors (Lipinski definition) is 4. The van der Waals surface area contributed by atoms with Gasteiger partial charge in [0.2, 0.25) is 0 Å². The van der Waals surface area contributed by atoms with E-state index in [1.165, 1.54) is 0 Å². The van der Waals surface area contributed by atoms with Crippen molar-refractivity contribution in [2.45, 2.75) is 18.9 Å². The molecule has 0 radical (unpaired) electrons. The molecule has 0 amide bonds. The number of aliphatic hydroxyl groups excluding tert-OH is 1. The minimum Gasteiger partial charge on any atom is -0.391 e. The van der Waals surface area contributed by atoms with Gasteiger partial charge in [-0.05, 0) is 6.42 Å². The van der Waals surface area contributed by atoms with Gasteiger partial charge in [0.05, 0.1) is 23.1 Å². The highest BCUT2D eigenvalue weighted by Crippen LogP contribution is 2.28. The molecule has 2 rings (SSSR count). The maximum absolute atomic E-state index is 8.83. The fourth-order valence-electron chi connectivity index (χ4n) is 1.31. The van der Waals surface area contributed by atoms with Gasteiger partial charge < -0.3 is 9.84 Å². The van der Waals surface area contributed by atoms with Crippen molar-refractivity contribution in [3.63, 3.8) is 0 Å². The smallest absolute Gasteiger partial charge is 0.0983 e. The zero-order chi connectivity index (χ0) is 8.39. The van der Waals surface area contributed by atoms with Gasteiger partial charge in [0, 0.05) is 18.7 Å². The highest BCUT2D eigenvalue weighted by atomic mass is 32.1. The highest BCUT2D eigenvalue weighted by molar-refractivity contribution is 7.11. The Labute approximate surface area is 75.0 Å². The first-order valence-corrected chi connectivity index (χ1v) is 4.85. The van der Waals surface area contributed by atoms with Gasteiger partial charge in [0.15, 0.2) is 0 Å². The van der Waals surface area contributed by atoms with Crippen molar-refractivity contribution in [1.82, 2.24) is 4.98 Å². The molecule has 66 valence electrons. The molecule has 1 N–H and O–H groups in total. The first-order chi connectivity index (χ1) is 5.90. The van der Waals surface area contributed by atoms with Crippen LogP contribution in [0.5, 0.6) is 0 Å². The van der Waals surface area contributed by atoms with Gasteiger partial charge in [-0.2, -0.15) is 0 Å². The first-order valence-electron chi connectivity index (χ1n) is 4.03. The van der Waals surface area contributed by atoms with Gasteiger partial charge >= 0.3 is 0 Å². The SMILES string of the molecule is OCc1cnc(C2CCOC2)s1. The van der Waals surface area contributed by atoms with E-state index >= 15 is 0 Å². The summed E-state index contributed by atoms with van der Waals surface area (Å²) in [4.78, 5) is 5.19. The Hall–Kier alpha value is -0.450. The number of aliphatic hydroxyl groups is 1. The van der Waals surface area contributed by atoms with Crippen LogP contribution in [0.25, 0.3) is 0 Å². The molecule has 0 aromatic carbocycles. The maximum Gasteiger partial charge on any atom is 0.0983 e. The van der Waals surface area contributed by atoms with Gasteiger partial charge in [-0.1, -0.05) is 0 Å². The molecule has 12 heavy (non-hydrogen) atoms. The van der Waals surface area contributed by atoms with Crippen molar-refractivity contribution in [1.29, 1.82) is 0 Å². The van der Waals surface area contributed by atoms with E-state index in [1.54, 1.807) is 17.5 Å². The molecule has 1 aromatic heterocycles. The summed E-state index contributed by atoms with van der Waals surface area (Å²) in [6, 6.07) is 0. The lowest BCUT2D eigenvalue weighted by Crippen LogP contribution is -1.95. The summed E-state index contributed by atoms with van der Waals surface area (Å²) >= 11 is 1.59. The summed E-state index contributed by atoms with van der Waals surface area (Å²) in [5.41, 5.74) is 0. The van der Waals surface area contributed by atoms with Crippen LogP contribution in [-0.4, -0.2) is 23.3 Å². The summed E-state index contributed by atoms with van der Waals surface area (Å²) < 4.78 is 5.26. The molecule has 1 fully saturated rings. The third-order valence-electron chi connectivity index (χ3n) is 2.01. The normalized spacial score (nSPS) is 23.2. The monoisotopic (exact) mass is 185 g/mol. The van der Waals surface area contributed by atoms with Crippen molar-refractivity contribution >= 4 is 11.3 Å². The largest absolute Gasteiger partial charge is 0.391 e. The second-order valence-corrected chi connectivity index (χ2v) is 4.03. The third-order valence-corrected chi connectivity index (χ3v) is 3.15. The topological polar surface area (TPSA) is 42.4 Å². The molecule has 1 aliphatic heterocycles. The Bertz CT molecular complexity index is 255. The van der Waals surface area contributed by atoms with Crippen molar-refractivity contribution in [2.24, 2.45) is 0 Å². The van der Waals surface area contributed by atoms with Gasteiger partial charge in [-0.3, -0.25) is 0 Å². The molecule has 3 nitrogen and oxygen atoms in total. The average molecular weight is 185 g/mol. The lowest BCUT2D eigenvalue weighted by Gasteiger charge is -1.99. The van der Waals surface area contributed by atoms with Gasteiger partial charge in [-0.15, -0.1) is 11.3 Å². The minimum atomic E-state index is 0.102. The number of ether oxygens (including phenoxy) is 1. The van der Waals surface area contributed by atoms with Crippen LogP contribution < -0.4 is 0 Å². The average Bonchev–Trinajstić information content (AvgIpc) is 2.75. The summed E-state index contributed by atoms with van der Waals surface area (Å²) in [7, 11) is 0. The Balaban J connectivity index is 2.11. The Kier molecular flexibility index (Phi) is 2.39. The van der Waals surface area contributed by atoms with Gasteiger partial charge in [0.25, 0.3) is 0 Å². The fraction of sp³-hybridized carbons (Fsp3) is 0.625. The first kappa shape index (κ1) is 8.16. The summed E-state index contributed by atoms with van der Waals surface area (Å²) in [5.74, 6) is 0.468. The van der Waals surface area contributed by atoms with Crippen LogP contribution in [0, 0.1) is 0 Å². The zero-order valence-corrected chi connectivity index (χ0v) is 7.51. The van der Waals surface area contributed by atoms with E-state index in [9.17, 15) is 0 Å². The van der Waals surface area contributed by atoms with Crippen LogP contribution in [0.2, 0.25) is 0 Å². The molecule has 1 aliphatic rings. The highest BCUT2D eigenvalue weighted by Gasteiger charge is 2.20. The van der Waals surface area contributed by atoms with E-state index < -0.39 is 0 Å². The number of nitrogens with zero attached hydrogens (tertiary/aromatic N) is 1. The Morgan fingerprint density at radius 1 is 1.75 bits per heavy atom. The molecule has 0 aliphatic carbocycles. The standard InChI is InChI=1S/C8H11NO2S/c10-4-7-3-9-8(12-7)6-1-2-11-5-6/h3,6,10H,1-2,4-5H2. The molecule has 0 saturated carbocycles.